The molecule has 0 spiro atoms. The smallest absolute Gasteiger partial charge is 0.234 e. The standard InChI is InChI=1S/C21H21Cl2N5O2S/c1-12-7-13(2)9-14(8-12)24-19(30)11-31-21-27-26-17(28(21)3)10-18(29)25-16-6-4-5-15(22)20(16)23/h4-9H,10-11H2,1-3H3,(H,24,30)(H,25,29). The third-order valence-corrected chi connectivity index (χ3v) is 6.15. The van der Waals surface area contributed by atoms with Crippen molar-refractivity contribution in [2.75, 3.05) is 16.4 Å². The van der Waals surface area contributed by atoms with Crippen molar-refractivity contribution in [2.24, 2.45) is 7.05 Å². The summed E-state index contributed by atoms with van der Waals surface area (Å²) < 4.78 is 1.69. The van der Waals surface area contributed by atoms with Gasteiger partial charge >= 0.3 is 0 Å². The zero-order chi connectivity index (χ0) is 22.5. The van der Waals surface area contributed by atoms with Crippen LogP contribution in [0.4, 0.5) is 11.4 Å². The SMILES string of the molecule is Cc1cc(C)cc(NC(=O)CSc2nnc(CC(=O)Nc3cccc(Cl)c3Cl)n2C)c1. The number of benzene rings is 2. The molecule has 7 nitrogen and oxygen atoms in total. The number of rotatable bonds is 7. The molecule has 1 heterocycles. The third-order valence-electron chi connectivity index (χ3n) is 4.31. The molecule has 0 saturated heterocycles. The lowest BCUT2D eigenvalue weighted by Crippen LogP contribution is -2.17. The molecule has 0 radical (unpaired) electrons. The maximum Gasteiger partial charge on any atom is 0.234 e. The van der Waals surface area contributed by atoms with Crippen LogP contribution in [-0.2, 0) is 23.1 Å². The second kappa shape index (κ2) is 10.2. The quantitative estimate of drug-likeness (QED) is 0.483. The van der Waals surface area contributed by atoms with Gasteiger partial charge in [-0.25, -0.2) is 0 Å². The fourth-order valence-corrected chi connectivity index (χ4v) is 4.01. The second-order valence-corrected chi connectivity index (χ2v) is 8.73. The number of thioether (sulfide) groups is 1. The normalized spacial score (nSPS) is 10.7. The van der Waals surface area contributed by atoms with Crippen molar-refractivity contribution in [2.45, 2.75) is 25.4 Å². The number of hydrogen-bond donors (Lipinski definition) is 2. The van der Waals surface area contributed by atoms with Gasteiger partial charge in [0.1, 0.15) is 5.82 Å². The Balaban J connectivity index is 1.56. The first-order valence-electron chi connectivity index (χ1n) is 9.36. The molecule has 0 saturated carbocycles. The Morgan fingerprint density at radius 2 is 1.74 bits per heavy atom. The summed E-state index contributed by atoms with van der Waals surface area (Å²) in [6.07, 6.45) is 0.00165. The van der Waals surface area contributed by atoms with E-state index in [1.54, 1.807) is 29.8 Å². The van der Waals surface area contributed by atoms with Gasteiger partial charge < -0.3 is 15.2 Å². The van der Waals surface area contributed by atoms with Gasteiger partial charge in [0.25, 0.3) is 0 Å². The van der Waals surface area contributed by atoms with Crippen LogP contribution >= 0.6 is 35.0 Å². The van der Waals surface area contributed by atoms with Crippen LogP contribution in [-0.4, -0.2) is 32.3 Å². The molecular formula is C21H21Cl2N5O2S. The zero-order valence-electron chi connectivity index (χ0n) is 17.2. The molecule has 2 N–H and O–H groups in total. The zero-order valence-corrected chi connectivity index (χ0v) is 19.5. The fourth-order valence-electron chi connectivity index (χ4n) is 2.94. The third kappa shape index (κ3) is 6.22. The van der Waals surface area contributed by atoms with Crippen LogP contribution in [0.1, 0.15) is 17.0 Å². The van der Waals surface area contributed by atoms with Crippen LogP contribution in [0.25, 0.3) is 0 Å². The molecule has 0 unspecified atom stereocenters. The summed E-state index contributed by atoms with van der Waals surface area (Å²) in [5.74, 6) is 0.188. The molecule has 31 heavy (non-hydrogen) atoms. The summed E-state index contributed by atoms with van der Waals surface area (Å²) in [7, 11) is 1.75. The number of anilines is 2. The lowest BCUT2D eigenvalue weighted by Gasteiger charge is -2.09. The van der Waals surface area contributed by atoms with Gasteiger partial charge in [-0.1, -0.05) is 47.1 Å². The van der Waals surface area contributed by atoms with Gasteiger partial charge in [0.15, 0.2) is 5.16 Å². The van der Waals surface area contributed by atoms with Gasteiger partial charge in [-0.15, -0.1) is 10.2 Å². The van der Waals surface area contributed by atoms with Crippen LogP contribution in [0, 0.1) is 13.8 Å². The van der Waals surface area contributed by atoms with E-state index < -0.39 is 0 Å². The highest BCUT2D eigenvalue weighted by molar-refractivity contribution is 7.99. The van der Waals surface area contributed by atoms with Crippen molar-refractivity contribution in [3.05, 3.63) is 63.4 Å². The molecule has 1 aromatic heterocycles. The molecule has 2 amide bonds. The Morgan fingerprint density at radius 3 is 2.45 bits per heavy atom. The second-order valence-electron chi connectivity index (χ2n) is 7.00. The monoisotopic (exact) mass is 477 g/mol. The summed E-state index contributed by atoms with van der Waals surface area (Å²) >= 11 is 13.3. The summed E-state index contributed by atoms with van der Waals surface area (Å²) in [5, 5.41) is 14.9. The number of aryl methyl sites for hydroxylation is 2. The first kappa shape index (κ1) is 23.1. The van der Waals surface area contributed by atoms with Gasteiger partial charge in [0.2, 0.25) is 11.8 Å². The van der Waals surface area contributed by atoms with E-state index in [1.807, 2.05) is 32.0 Å². The first-order valence-corrected chi connectivity index (χ1v) is 11.1. The Bertz CT molecular complexity index is 1110. The molecule has 0 bridgehead atoms. The molecule has 0 aliphatic heterocycles. The predicted octanol–water partition coefficient (Wildman–Crippen LogP) is 4.65. The number of amides is 2. The molecule has 10 heteroatoms. The van der Waals surface area contributed by atoms with Crippen molar-refractivity contribution in [3.8, 4) is 0 Å². The molecule has 162 valence electrons. The van der Waals surface area contributed by atoms with Gasteiger partial charge in [-0.05, 0) is 49.2 Å². The molecule has 0 aliphatic carbocycles. The van der Waals surface area contributed by atoms with E-state index in [9.17, 15) is 9.59 Å². The Labute approximate surface area is 194 Å². The average Bonchev–Trinajstić information content (AvgIpc) is 3.02. The van der Waals surface area contributed by atoms with Crippen LogP contribution in [0.15, 0.2) is 41.6 Å². The molecule has 0 aliphatic rings. The van der Waals surface area contributed by atoms with Crippen molar-refractivity contribution in [3.63, 3.8) is 0 Å². The van der Waals surface area contributed by atoms with Crippen LogP contribution in [0.3, 0.4) is 0 Å². The largest absolute Gasteiger partial charge is 0.325 e. The molecule has 3 aromatic rings. The number of carbonyl (C=O) groups excluding carboxylic acids is 2. The number of halogens is 2. The Morgan fingerprint density at radius 1 is 1.03 bits per heavy atom. The predicted molar refractivity (Wildman–Crippen MR) is 125 cm³/mol. The van der Waals surface area contributed by atoms with Crippen molar-refractivity contribution >= 4 is 58.2 Å². The van der Waals surface area contributed by atoms with Gasteiger partial charge in [0.05, 0.1) is 27.9 Å². The number of aromatic nitrogens is 3. The summed E-state index contributed by atoms with van der Waals surface area (Å²) in [6.45, 7) is 3.96. The number of carbonyl (C=O) groups is 2. The van der Waals surface area contributed by atoms with E-state index in [1.165, 1.54) is 11.8 Å². The highest BCUT2D eigenvalue weighted by Gasteiger charge is 2.16. The average molecular weight is 478 g/mol. The molecular weight excluding hydrogens is 457 g/mol. The number of nitrogens with zero attached hydrogens (tertiary/aromatic N) is 3. The van der Waals surface area contributed by atoms with E-state index in [-0.39, 0.29) is 29.0 Å². The van der Waals surface area contributed by atoms with Crippen molar-refractivity contribution in [1.29, 1.82) is 0 Å². The molecule has 2 aromatic carbocycles. The van der Waals surface area contributed by atoms with Crippen LogP contribution < -0.4 is 10.6 Å². The van der Waals surface area contributed by atoms with Crippen molar-refractivity contribution < 1.29 is 9.59 Å². The van der Waals surface area contributed by atoms with E-state index in [4.69, 9.17) is 23.2 Å². The first-order chi connectivity index (χ1) is 14.7. The summed E-state index contributed by atoms with van der Waals surface area (Å²) in [5.41, 5.74) is 3.36. The Kier molecular flexibility index (Phi) is 7.59. The highest BCUT2D eigenvalue weighted by Crippen LogP contribution is 2.29. The van der Waals surface area contributed by atoms with Gasteiger partial charge in [-0.2, -0.15) is 0 Å². The van der Waals surface area contributed by atoms with Gasteiger partial charge in [-0.3, -0.25) is 9.59 Å². The molecule has 0 atom stereocenters. The van der Waals surface area contributed by atoms with Crippen LogP contribution in [0.2, 0.25) is 10.0 Å². The minimum Gasteiger partial charge on any atom is -0.325 e. The van der Waals surface area contributed by atoms with Gasteiger partial charge in [0, 0.05) is 12.7 Å². The van der Waals surface area contributed by atoms with E-state index >= 15 is 0 Å². The van der Waals surface area contributed by atoms with E-state index in [0.29, 0.717) is 21.7 Å². The van der Waals surface area contributed by atoms with Crippen LogP contribution in [0.5, 0.6) is 0 Å². The fraction of sp³-hybridized carbons (Fsp3) is 0.238. The van der Waals surface area contributed by atoms with Crippen molar-refractivity contribution in [1.82, 2.24) is 14.8 Å². The minimum absolute atomic E-state index is 0.00165. The highest BCUT2D eigenvalue weighted by atomic mass is 35.5. The Hall–Kier alpha value is -2.55. The molecule has 3 rings (SSSR count). The lowest BCUT2D eigenvalue weighted by molar-refractivity contribution is -0.116. The minimum atomic E-state index is -0.302. The number of hydrogen-bond acceptors (Lipinski definition) is 5. The number of nitrogens with one attached hydrogen (secondary N) is 2. The summed E-state index contributed by atoms with van der Waals surface area (Å²) in [4.78, 5) is 24.7. The maximum absolute atomic E-state index is 12.4. The molecule has 0 fully saturated rings. The topological polar surface area (TPSA) is 88.9 Å². The summed E-state index contributed by atoms with van der Waals surface area (Å²) in [6, 6.07) is 10.9. The van der Waals surface area contributed by atoms with E-state index in [0.717, 1.165) is 16.8 Å². The van der Waals surface area contributed by atoms with E-state index in [2.05, 4.69) is 20.8 Å². The lowest BCUT2D eigenvalue weighted by atomic mass is 10.1. The maximum atomic E-state index is 12.4.